The minimum absolute atomic E-state index is 0.0576. The van der Waals surface area contributed by atoms with E-state index in [9.17, 15) is 14.4 Å². The smallest absolute Gasteiger partial charge is 0.317 e. The number of carboxylic acids is 1. The van der Waals surface area contributed by atoms with Crippen LogP contribution in [-0.2, 0) is 19.1 Å². The second kappa shape index (κ2) is 6.34. The summed E-state index contributed by atoms with van der Waals surface area (Å²) in [4.78, 5) is 36.2. The fourth-order valence-corrected chi connectivity index (χ4v) is 1.93. The van der Waals surface area contributed by atoms with Crippen LogP contribution in [0.25, 0.3) is 0 Å². The highest BCUT2D eigenvalue weighted by molar-refractivity contribution is 5.73. The number of rotatable bonds is 4. The molecule has 0 bridgehead atoms. The molecule has 1 aliphatic heterocycles. The van der Waals surface area contributed by atoms with Gasteiger partial charge in [0, 0.05) is 33.5 Å². The zero-order valence-electron chi connectivity index (χ0n) is 10.6. The molecule has 1 unspecified atom stereocenters. The molecule has 7 heteroatoms. The molecule has 0 radical (unpaired) electrons. The van der Waals surface area contributed by atoms with Crippen LogP contribution in [0.3, 0.4) is 0 Å². The first-order chi connectivity index (χ1) is 8.40. The summed E-state index contributed by atoms with van der Waals surface area (Å²) in [7, 11) is 0. The van der Waals surface area contributed by atoms with E-state index in [1.807, 2.05) is 0 Å². The quantitative estimate of drug-likeness (QED) is 0.662. The third kappa shape index (κ3) is 4.33. The van der Waals surface area contributed by atoms with Crippen molar-refractivity contribution in [3.63, 3.8) is 0 Å². The maximum atomic E-state index is 11.3. The van der Waals surface area contributed by atoms with Gasteiger partial charge in [-0.2, -0.15) is 0 Å². The van der Waals surface area contributed by atoms with Crippen LogP contribution in [0.5, 0.6) is 0 Å². The maximum Gasteiger partial charge on any atom is 0.317 e. The number of amides is 1. The van der Waals surface area contributed by atoms with Crippen molar-refractivity contribution < 1.29 is 24.2 Å². The molecular weight excluding hydrogens is 240 g/mol. The average Bonchev–Trinajstić information content (AvgIpc) is 2.26. The Morgan fingerprint density at radius 2 is 1.94 bits per heavy atom. The number of esters is 1. The van der Waals surface area contributed by atoms with E-state index in [1.165, 1.54) is 13.8 Å². The van der Waals surface area contributed by atoms with Gasteiger partial charge in [-0.05, 0) is 0 Å². The van der Waals surface area contributed by atoms with Crippen molar-refractivity contribution in [3.05, 3.63) is 0 Å². The second-order valence-electron chi connectivity index (χ2n) is 4.29. The van der Waals surface area contributed by atoms with Gasteiger partial charge in [-0.3, -0.25) is 19.3 Å². The largest absolute Gasteiger partial charge is 0.480 e. The van der Waals surface area contributed by atoms with E-state index < -0.39 is 11.9 Å². The Hall–Kier alpha value is -1.63. The number of nitrogens with zero attached hydrogens (tertiary/aromatic N) is 2. The summed E-state index contributed by atoms with van der Waals surface area (Å²) < 4.78 is 4.91. The Balaban J connectivity index is 2.63. The standard InChI is InChI=1S/C11H18N2O5/c1-8(14)12-3-4-13(6-11(16)17)10(5-12)7-18-9(2)15/h10H,3-7H2,1-2H3,(H,16,17). The topological polar surface area (TPSA) is 87.2 Å². The lowest BCUT2D eigenvalue weighted by atomic mass is 10.1. The van der Waals surface area contributed by atoms with Gasteiger partial charge in [-0.25, -0.2) is 0 Å². The van der Waals surface area contributed by atoms with E-state index >= 15 is 0 Å². The summed E-state index contributed by atoms with van der Waals surface area (Å²) >= 11 is 0. The lowest BCUT2D eigenvalue weighted by molar-refractivity contribution is -0.146. The number of hydrogen-bond donors (Lipinski definition) is 1. The molecule has 1 rings (SSSR count). The van der Waals surface area contributed by atoms with Crippen LogP contribution < -0.4 is 0 Å². The van der Waals surface area contributed by atoms with Crippen LogP contribution >= 0.6 is 0 Å². The van der Waals surface area contributed by atoms with Crippen molar-refractivity contribution in [2.24, 2.45) is 0 Å². The van der Waals surface area contributed by atoms with Gasteiger partial charge in [-0.15, -0.1) is 0 Å². The Labute approximate surface area is 105 Å². The summed E-state index contributed by atoms with van der Waals surface area (Å²) in [6, 6.07) is -0.261. The summed E-state index contributed by atoms with van der Waals surface area (Å²) in [5.74, 6) is -1.40. The third-order valence-electron chi connectivity index (χ3n) is 2.87. The van der Waals surface area contributed by atoms with E-state index in [0.29, 0.717) is 19.6 Å². The molecule has 7 nitrogen and oxygen atoms in total. The highest BCUT2D eigenvalue weighted by atomic mass is 16.5. The fourth-order valence-electron chi connectivity index (χ4n) is 1.93. The van der Waals surface area contributed by atoms with Crippen molar-refractivity contribution in [2.45, 2.75) is 19.9 Å². The van der Waals surface area contributed by atoms with Crippen molar-refractivity contribution in [1.82, 2.24) is 9.80 Å². The van der Waals surface area contributed by atoms with Crippen LogP contribution in [0, 0.1) is 0 Å². The Bertz CT molecular complexity index is 344. The fraction of sp³-hybridized carbons (Fsp3) is 0.727. The first-order valence-electron chi connectivity index (χ1n) is 5.75. The number of ether oxygens (including phenoxy) is 1. The van der Waals surface area contributed by atoms with Crippen LogP contribution in [0.15, 0.2) is 0 Å². The molecule has 1 fully saturated rings. The number of carboxylic acid groups (broad SMARTS) is 1. The van der Waals surface area contributed by atoms with E-state index in [0.717, 1.165) is 0 Å². The van der Waals surface area contributed by atoms with Crippen molar-refractivity contribution in [1.29, 1.82) is 0 Å². The second-order valence-corrected chi connectivity index (χ2v) is 4.29. The zero-order valence-corrected chi connectivity index (χ0v) is 10.6. The predicted octanol–water partition coefficient (Wildman–Crippen LogP) is -0.833. The Morgan fingerprint density at radius 1 is 1.28 bits per heavy atom. The molecule has 0 aromatic rings. The molecule has 0 aromatic carbocycles. The monoisotopic (exact) mass is 258 g/mol. The molecule has 1 amide bonds. The molecule has 18 heavy (non-hydrogen) atoms. The minimum Gasteiger partial charge on any atom is -0.480 e. The highest BCUT2D eigenvalue weighted by Crippen LogP contribution is 2.10. The summed E-state index contributed by atoms with van der Waals surface area (Å²) in [6.45, 7) is 4.11. The van der Waals surface area contributed by atoms with Gasteiger partial charge in [0.05, 0.1) is 12.6 Å². The number of piperazine rings is 1. The van der Waals surface area contributed by atoms with Gasteiger partial charge >= 0.3 is 11.9 Å². The first-order valence-corrected chi connectivity index (χ1v) is 5.75. The van der Waals surface area contributed by atoms with Crippen molar-refractivity contribution in [3.8, 4) is 0 Å². The van der Waals surface area contributed by atoms with Gasteiger partial charge in [-0.1, -0.05) is 0 Å². The lowest BCUT2D eigenvalue weighted by Gasteiger charge is -2.39. The molecule has 1 N–H and O–H groups in total. The van der Waals surface area contributed by atoms with Gasteiger partial charge in [0.1, 0.15) is 6.61 Å². The summed E-state index contributed by atoms with van der Waals surface area (Å²) in [6.07, 6.45) is 0. The van der Waals surface area contributed by atoms with Gasteiger partial charge in [0.2, 0.25) is 5.91 Å². The van der Waals surface area contributed by atoms with Gasteiger partial charge in [0.15, 0.2) is 0 Å². The van der Waals surface area contributed by atoms with E-state index in [-0.39, 0.29) is 25.1 Å². The minimum atomic E-state index is -0.931. The molecule has 0 aliphatic carbocycles. The highest BCUT2D eigenvalue weighted by Gasteiger charge is 2.30. The predicted molar refractivity (Wildman–Crippen MR) is 61.9 cm³/mol. The molecule has 0 spiro atoms. The van der Waals surface area contributed by atoms with Gasteiger partial charge in [0.25, 0.3) is 0 Å². The van der Waals surface area contributed by atoms with Gasteiger partial charge < -0.3 is 14.7 Å². The molecule has 102 valence electrons. The summed E-state index contributed by atoms with van der Waals surface area (Å²) in [5.41, 5.74) is 0. The molecule has 1 saturated heterocycles. The molecule has 1 aliphatic rings. The lowest BCUT2D eigenvalue weighted by Crippen LogP contribution is -2.57. The maximum absolute atomic E-state index is 11.3. The van der Waals surface area contributed by atoms with E-state index in [2.05, 4.69) is 0 Å². The van der Waals surface area contributed by atoms with Crippen LogP contribution in [0.1, 0.15) is 13.8 Å². The van der Waals surface area contributed by atoms with Crippen molar-refractivity contribution >= 4 is 17.8 Å². The Kier molecular flexibility index (Phi) is 5.08. The number of aliphatic carboxylic acids is 1. The number of hydrogen-bond acceptors (Lipinski definition) is 5. The first kappa shape index (κ1) is 14.4. The van der Waals surface area contributed by atoms with Crippen LogP contribution in [0.2, 0.25) is 0 Å². The SMILES string of the molecule is CC(=O)OCC1CN(C(C)=O)CCN1CC(=O)O. The average molecular weight is 258 g/mol. The Morgan fingerprint density at radius 3 is 2.44 bits per heavy atom. The molecule has 1 atom stereocenters. The number of carbonyl (C=O) groups is 3. The molecule has 0 aromatic heterocycles. The third-order valence-corrected chi connectivity index (χ3v) is 2.87. The van der Waals surface area contributed by atoms with Crippen LogP contribution in [0.4, 0.5) is 0 Å². The zero-order chi connectivity index (χ0) is 13.7. The molecule has 1 heterocycles. The summed E-state index contributed by atoms with van der Waals surface area (Å²) in [5, 5.41) is 8.81. The van der Waals surface area contributed by atoms with Crippen molar-refractivity contribution in [2.75, 3.05) is 32.8 Å². The molecule has 0 saturated carbocycles. The van der Waals surface area contributed by atoms with E-state index in [1.54, 1.807) is 9.80 Å². The molecular formula is C11H18N2O5. The number of carbonyl (C=O) groups excluding carboxylic acids is 2. The van der Waals surface area contributed by atoms with Crippen LogP contribution in [-0.4, -0.2) is 71.6 Å². The van der Waals surface area contributed by atoms with E-state index in [4.69, 9.17) is 9.84 Å². The normalized spacial score (nSPS) is 20.6.